The van der Waals surface area contributed by atoms with Gasteiger partial charge in [0.1, 0.15) is 10.8 Å². The highest BCUT2D eigenvalue weighted by Gasteiger charge is 2.26. The molecule has 3 aromatic rings. The second kappa shape index (κ2) is 7.53. The van der Waals surface area contributed by atoms with Gasteiger partial charge in [-0.15, -0.1) is 11.3 Å². The molecule has 0 spiro atoms. The average Bonchev–Trinajstić information content (AvgIpc) is 3.06. The molecular weight excluding hydrogens is 358 g/mol. The van der Waals surface area contributed by atoms with Gasteiger partial charge >= 0.3 is 5.97 Å². The summed E-state index contributed by atoms with van der Waals surface area (Å²) < 4.78 is 5.27. The van der Waals surface area contributed by atoms with E-state index in [1.807, 2.05) is 43.3 Å². The Morgan fingerprint density at radius 3 is 2.89 bits per heavy atom. The number of esters is 1. The van der Waals surface area contributed by atoms with E-state index < -0.39 is 0 Å². The Morgan fingerprint density at radius 1 is 1.22 bits per heavy atom. The van der Waals surface area contributed by atoms with Crippen LogP contribution in [0, 0.1) is 0 Å². The third-order valence-electron chi connectivity index (χ3n) is 4.88. The van der Waals surface area contributed by atoms with Crippen molar-refractivity contribution < 1.29 is 14.6 Å². The molecule has 27 heavy (non-hydrogen) atoms. The van der Waals surface area contributed by atoms with Crippen LogP contribution in [0.25, 0.3) is 10.8 Å². The topological polar surface area (TPSA) is 58.9 Å². The number of nitrogens with zero attached hydrogens (tertiary/aromatic N) is 1. The molecule has 0 saturated heterocycles. The zero-order chi connectivity index (χ0) is 18.8. The number of aryl methyl sites for hydroxylation is 1. The van der Waals surface area contributed by atoms with Crippen molar-refractivity contribution >= 4 is 39.3 Å². The van der Waals surface area contributed by atoms with E-state index >= 15 is 0 Å². The van der Waals surface area contributed by atoms with Crippen LogP contribution >= 0.6 is 11.3 Å². The molecule has 0 atom stereocenters. The highest BCUT2D eigenvalue weighted by atomic mass is 32.1. The maximum atomic E-state index is 12.5. The molecule has 0 aliphatic heterocycles. The molecular formula is C22H21NO3S. The van der Waals surface area contributed by atoms with Crippen molar-refractivity contribution in [2.45, 2.75) is 32.6 Å². The van der Waals surface area contributed by atoms with E-state index in [0.29, 0.717) is 22.7 Å². The summed E-state index contributed by atoms with van der Waals surface area (Å²) in [6.07, 6.45) is 5.76. The Bertz CT molecular complexity index is 1040. The molecule has 0 unspecified atom stereocenters. The first-order valence-electron chi connectivity index (χ1n) is 9.25. The SMILES string of the molecule is CCOC(=O)c1c(N=Cc2ccc3ccccc3c2O)sc2c1CCCC2. The fourth-order valence-electron chi connectivity index (χ4n) is 3.56. The summed E-state index contributed by atoms with van der Waals surface area (Å²) in [4.78, 5) is 18.3. The van der Waals surface area contributed by atoms with Crippen LogP contribution < -0.4 is 0 Å². The normalized spacial score (nSPS) is 13.8. The van der Waals surface area contributed by atoms with Crippen LogP contribution in [0.2, 0.25) is 0 Å². The first-order valence-corrected chi connectivity index (χ1v) is 10.1. The number of benzene rings is 2. The van der Waals surface area contributed by atoms with Gasteiger partial charge in [0, 0.05) is 22.0 Å². The minimum absolute atomic E-state index is 0.204. The van der Waals surface area contributed by atoms with Gasteiger partial charge in [-0.1, -0.05) is 30.3 Å². The Morgan fingerprint density at radius 2 is 2.04 bits per heavy atom. The van der Waals surface area contributed by atoms with Gasteiger partial charge in [0.2, 0.25) is 0 Å². The molecule has 1 aromatic heterocycles. The van der Waals surface area contributed by atoms with Crippen molar-refractivity contribution in [3.63, 3.8) is 0 Å². The summed E-state index contributed by atoms with van der Waals surface area (Å²) in [7, 11) is 0. The second-order valence-electron chi connectivity index (χ2n) is 6.59. The summed E-state index contributed by atoms with van der Waals surface area (Å²) in [6, 6.07) is 11.5. The Hall–Kier alpha value is -2.66. The lowest BCUT2D eigenvalue weighted by molar-refractivity contribution is 0.0526. The summed E-state index contributed by atoms with van der Waals surface area (Å²) in [5.41, 5.74) is 2.34. The average molecular weight is 379 g/mol. The van der Waals surface area contributed by atoms with E-state index in [-0.39, 0.29) is 11.7 Å². The fourth-order valence-corrected chi connectivity index (χ4v) is 4.78. The van der Waals surface area contributed by atoms with Crippen molar-refractivity contribution in [1.82, 2.24) is 0 Å². The zero-order valence-electron chi connectivity index (χ0n) is 15.2. The van der Waals surface area contributed by atoms with Crippen LogP contribution in [0.15, 0.2) is 41.4 Å². The van der Waals surface area contributed by atoms with Crippen LogP contribution in [-0.4, -0.2) is 23.9 Å². The molecule has 1 heterocycles. The standard InChI is InChI=1S/C22H21NO3S/c1-2-26-22(25)19-17-9-5-6-10-18(17)27-21(19)23-13-15-12-11-14-7-3-4-8-16(14)20(15)24/h3-4,7-8,11-13,24H,2,5-6,9-10H2,1H3. The van der Waals surface area contributed by atoms with Gasteiger partial charge in [0.15, 0.2) is 0 Å². The number of phenols is 1. The molecule has 0 fully saturated rings. The summed E-state index contributed by atoms with van der Waals surface area (Å²) >= 11 is 1.56. The van der Waals surface area contributed by atoms with Gasteiger partial charge in [-0.25, -0.2) is 9.79 Å². The maximum absolute atomic E-state index is 12.5. The number of fused-ring (bicyclic) bond motifs is 2. The summed E-state index contributed by atoms with van der Waals surface area (Å²) in [5, 5.41) is 13.0. The molecule has 1 aliphatic rings. The Kier molecular flexibility index (Phi) is 4.94. The van der Waals surface area contributed by atoms with Gasteiger partial charge in [-0.3, -0.25) is 0 Å². The molecule has 0 amide bonds. The van der Waals surface area contributed by atoms with Crippen molar-refractivity contribution in [2.24, 2.45) is 4.99 Å². The van der Waals surface area contributed by atoms with Crippen LogP contribution in [0.4, 0.5) is 5.00 Å². The van der Waals surface area contributed by atoms with Gasteiger partial charge < -0.3 is 9.84 Å². The number of carbonyl (C=O) groups is 1. The quantitative estimate of drug-likeness (QED) is 0.487. The van der Waals surface area contributed by atoms with Crippen LogP contribution in [0.1, 0.15) is 46.1 Å². The molecule has 138 valence electrons. The van der Waals surface area contributed by atoms with Crippen molar-refractivity contribution in [3.8, 4) is 5.75 Å². The predicted octanol–water partition coefficient (Wildman–Crippen LogP) is 5.41. The minimum atomic E-state index is -0.299. The van der Waals surface area contributed by atoms with Crippen molar-refractivity contribution in [2.75, 3.05) is 6.61 Å². The number of aromatic hydroxyl groups is 1. The second-order valence-corrected chi connectivity index (χ2v) is 7.68. The van der Waals surface area contributed by atoms with Gasteiger partial charge in [-0.05, 0) is 49.6 Å². The Balaban J connectivity index is 1.75. The number of thiophene rings is 1. The smallest absolute Gasteiger partial charge is 0.341 e. The van der Waals surface area contributed by atoms with Crippen LogP contribution in [0.5, 0.6) is 5.75 Å². The first-order chi connectivity index (χ1) is 13.2. The van der Waals surface area contributed by atoms with Crippen LogP contribution in [0.3, 0.4) is 0 Å². The number of aliphatic imine (C=N–C) groups is 1. The van der Waals surface area contributed by atoms with E-state index in [1.54, 1.807) is 17.6 Å². The lowest BCUT2D eigenvalue weighted by Crippen LogP contribution is -2.09. The minimum Gasteiger partial charge on any atom is -0.507 e. The van der Waals surface area contributed by atoms with Gasteiger partial charge in [0.05, 0.1) is 12.2 Å². The van der Waals surface area contributed by atoms with E-state index in [2.05, 4.69) is 4.99 Å². The van der Waals surface area contributed by atoms with E-state index in [4.69, 9.17) is 4.74 Å². The summed E-state index contributed by atoms with van der Waals surface area (Å²) in [5.74, 6) is -0.0948. The lowest BCUT2D eigenvalue weighted by atomic mass is 9.95. The number of hydrogen-bond donors (Lipinski definition) is 1. The molecule has 4 nitrogen and oxygen atoms in total. The molecule has 0 bridgehead atoms. The fraction of sp³-hybridized carbons (Fsp3) is 0.273. The molecule has 4 rings (SSSR count). The van der Waals surface area contributed by atoms with E-state index in [9.17, 15) is 9.90 Å². The maximum Gasteiger partial charge on any atom is 0.341 e. The largest absolute Gasteiger partial charge is 0.507 e. The molecule has 1 N–H and O–H groups in total. The molecule has 5 heteroatoms. The third kappa shape index (κ3) is 3.35. The third-order valence-corrected chi connectivity index (χ3v) is 6.08. The first kappa shape index (κ1) is 17.7. The van der Waals surface area contributed by atoms with Gasteiger partial charge in [0.25, 0.3) is 0 Å². The summed E-state index contributed by atoms with van der Waals surface area (Å²) in [6.45, 7) is 2.16. The van der Waals surface area contributed by atoms with E-state index in [0.717, 1.165) is 42.0 Å². The monoisotopic (exact) mass is 379 g/mol. The number of phenolic OH excluding ortho intramolecular Hbond substituents is 1. The highest BCUT2D eigenvalue weighted by molar-refractivity contribution is 7.16. The Labute approximate surface area is 162 Å². The van der Waals surface area contributed by atoms with Crippen LogP contribution in [-0.2, 0) is 17.6 Å². The lowest BCUT2D eigenvalue weighted by Gasteiger charge is -2.11. The van der Waals surface area contributed by atoms with E-state index in [1.165, 1.54) is 4.88 Å². The van der Waals surface area contributed by atoms with Crippen molar-refractivity contribution in [3.05, 3.63) is 58.0 Å². The zero-order valence-corrected chi connectivity index (χ0v) is 16.0. The molecule has 2 aromatic carbocycles. The number of hydrogen-bond acceptors (Lipinski definition) is 5. The highest BCUT2D eigenvalue weighted by Crippen LogP contribution is 2.40. The number of ether oxygens (including phenoxy) is 1. The predicted molar refractivity (Wildman–Crippen MR) is 110 cm³/mol. The molecule has 1 aliphatic carbocycles. The number of rotatable bonds is 4. The van der Waals surface area contributed by atoms with Gasteiger partial charge in [-0.2, -0.15) is 0 Å². The number of carbonyl (C=O) groups excluding carboxylic acids is 1. The molecule has 0 radical (unpaired) electrons. The van der Waals surface area contributed by atoms with Crippen molar-refractivity contribution in [1.29, 1.82) is 0 Å². The molecule has 0 saturated carbocycles.